The van der Waals surface area contributed by atoms with E-state index >= 15 is 0 Å². The Hall–Kier alpha value is -0.970. The first-order valence-corrected chi connectivity index (χ1v) is 8.90. The summed E-state index contributed by atoms with van der Waals surface area (Å²) in [6.45, 7) is 6.81. The Morgan fingerprint density at radius 1 is 1.21 bits per heavy atom. The Morgan fingerprint density at radius 2 is 1.79 bits per heavy atom. The molecule has 2 unspecified atom stereocenters. The van der Waals surface area contributed by atoms with E-state index in [0.717, 1.165) is 12.8 Å². The summed E-state index contributed by atoms with van der Waals surface area (Å²) < 4.78 is 10.3. The number of carbonyl (C=O) groups excluding carboxylic acids is 2. The van der Waals surface area contributed by atoms with Crippen molar-refractivity contribution < 1.29 is 19.1 Å². The van der Waals surface area contributed by atoms with Gasteiger partial charge in [0.2, 0.25) is 0 Å². The van der Waals surface area contributed by atoms with E-state index in [2.05, 4.69) is 20.8 Å². The smallest absolute Gasteiger partial charge is 0.343 e. The molecular formula is C17H19Cl3O4. The van der Waals surface area contributed by atoms with Crippen LogP contribution in [0, 0.1) is 17.3 Å². The zero-order chi connectivity index (χ0) is 18.1. The normalized spacial score (nSPS) is 25.2. The zero-order valence-corrected chi connectivity index (χ0v) is 16.0. The van der Waals surface area contributed by atoms with Crippen LogP contribution in [0.4, 0.5) is 0 Å². The molecule has 2 rings (SSSR count). The fourth-order valence-electron chi connectivity index (χ4n) is 3.70. The number of benzene rings is 1. The van der Waals surface area contributed by atoms with E-state index in [4.69, 9.17) is 44.3 Å². The number of hydrogen-bond acceptors (Lipinski definition) is 4. The van der Waals surface area contributed by atoms with Crippen molar-refractivity contribution in [1.29, 1.82) is 0 Å². The Kier molecular flexibility index (Phi) is 6.05. The monoisotopic (exact) mass is 392 g/mol. The van der Waals surface area contributed by atoms with Gasteiger partial charge in [0.1, 0.15) is 5.56 Å². The van der Waals surface area contributed by atoms with Gasteiger partial charge in [-0.2, -0.15) is 0 Å². The van der Waals surface area contributed by atoms with Crippen molar-refractivity contribution in [3.8, 4) is 5.75 Å². The summed E-state index contributed by atoms with van der Waals surface area (Å²) in [7, 11) is 0. The second kappa shape index (κ2) is 7.51. The van der Waals surface area contributed by atoms with Gasteiger partial charge in [-0.05, 0) is 17.9 Å². The molecule has 24 heavy (non-hydrogen) atoms. The highest BCUT2D eigenvalue weighted by atomic mass is 35.5. The summed E-state index contributed by atoms with van der Waals surface area (Å²) in [5.74, 6) is 0.198. The summed E-state index contributed by atoms with van der Waals surface area (Å²) in [5.41, 5.74) is -0.175. The zero-order valence-electron chi connectivity index (χ0n) is 13.7. The van der Waals surface area contributed by atoms with Crippen LogP contribution in [0.15, 0.2) is 6.07 Å². The highest BCUT2D eigenvalue weighted by molar-refractivity contribution is 6.45. The van der Waals surface area contributed by atoms with Gasteiger partial charge in [-0.1, -0.05) is 68.4 Å². The van der Waals surface area contributed by atoms with Gasteiger partial charge in [-0.3, -0.25) is 4.79 Å². The molecule has 1 aromatic carbocycles. The molecule has 4 nitrogen and oxygen atoms in total. The Bertz CT molecular complexity index is 650. The van der Waals surface area contributed by atoms with Gasteiger partial charge >= 0.3 is 5.97 Å². The van der Waals surface area contributed by atoms with E-state index in [1.807, 2.05) is 0 Å². The molecule has 0 saturated heterocycles. The van der Waals surface area contributed by atoms with Crippen molar-refractivity contribution in [2.45, 2.75) is 33.6 Å². The molecule has 0 aromatic heterocycles. The molecule has 3 atom stereocenters. The predicted octanol–water partition coefficient (Wildman–Crippen LogP) is 5.41. The van der Waals surface area contributed by atoms with E-state index in [1.165, 1.54) is 6.07 Å². The van der Waals surface area contributed by atoms with Gasteiger partial charge in [-0.15, -0.1) is 0 Å². The minimum Gasteiger partial charge on any atom is -0.461 e. The van der Waals surface area contributed by atoms with Crippen LogP contribution in [0.25, 0.3) is 0 Å². The van der Waals surface area contributed by atoms with Gasteiger partial charge < -0.3 is 9.47 Å². The van der Waals surface area contributed by atoms with E-state index < -0.39 is 5.97 Å². The van der Waals surface area contributed by atoms with Gasteiger partial charge in [0.05, 0.1) is 21.7 Å². The molecule has 0 spiro atoms. The predicted molar refractivity (Wildman–Crippen MR) is 94.1 cm³/mol. The van der Waals surface area contributed by atoms with Crippen LogP contribution >= 0.6 is 34.8 Å². The second-order valence-corrected chi connectivity index (χ2v) is 7.38. The number of halogens is 3. The molecule has 1 saturated carbocycles. The Balaban J connectivity index is 2.23. The quantitative estimate of drug-likeness (QED) is 0.353. The maximum atomic E-state index is 12.5. The van der Waals surface area contributed by atoms with Gasteiger partial charge in [0, 0.05) is 5.41 Å². The van der Waals surface area contributed by atoms with Crippen molar-refractivity contribution in [2.24, 2.45) is 17.3 Å². The van der Waals surface area contributed by atoms with Crippen LogP contribution in [-0.4, -0.2) is 19.0 Å². The molecule has 132 valence electrons. The second-order valence-electron chi connectivity index (χ2n) is 6.18. The number of carbonyl (C=O) groups is 2. The van der Waals surface area contributed by atoms with Crippen LogP contribution in [0.2, 0.25) is 15.1 Å². The molecule has 7 heteroatoms. The topological polar surface area (TPSA) is 52.6 Å². The first-order chi connectivity index (χ1) is 11.3. The van der Waals surface area contributed by atoms with E-state index in [-0.39, 0.29) is 44.9 Å². The largest absolute Gasteiger partial charge is 0.461 e. The maximum absolute atomic E-state index is 12.5. The Morgan fingerprint density at radius 3 is 2.29 bits per heavy atom. The summed E-state index contributed by atoms with van der Waals surface area (Å²) in [6.07, 6.45) is 2.08. The number of hydrogen-bond donors (Lipinski definition) is 0. The lowest BCUT2D eigenvalue weighted by Crippen LogP contribution is -2.17. The summed E-state index contributed by atoms with van der Waals surface area (Å²) in [6, 6.07) is 1.31. The highest BCUT2D eigenvalue weighted by Crippen LogP contribution is 2.62. The van der Waals surface area contributed by atoms with E-state index in [0.29, 0.717) is 11.8 Å². The minimum atomic E-state index is -0.709. The third-order valence-corrected chi connectivity index (χ3v) is 6.03. The molecule has 1 fully saturated rings. The molecule has 1 aliphatic carbocycles. The van der Waals surface area contributed by atoms with Crippen LogP contribution in [0.3, 0.4) is 0 Å². The van der Waals surface area contributed by atoms with Crippen molar-refractivity contribution in [1.82, 2.24) is 0 Å². The molecule has 1 aromatic rings. The SMILES string of the molecule is CCC1[C@H](CC)C1(C)COC(=O)c1c(Cl)c(Cl)cc(Cl)c1OC=O. The summed E-state index contributed by atoms with van der Waals surface area (Å²) >= 11 is 18.0. The number of rotatable bonds is 7. The van der Waals surface area contributed by atoms with E-state index in [9.17, 15) is 9.59 Å². The Labute approximate surface area is 156 Å². The number of ether oxygens (including phenoxy) is 2. The average molecular weight is 394 g/mol. The third kappa shape index (κ3) is 3.37. The molecule has 0 bridgehead atoms. The molecular weight excluding hydrogens is 375 g/mol. The average Bonchev–Trinajstić information content (AvgIpc) is 3.14. The fourth-order valence-corrected chi connectivity index (χ4v) is 4.42. The molecule has 0 N–H and O–H groups in total. The number of esters is 1. The molecule has 0 aliphatic heterocycles. The van der Waals surface area contributed by atoms with Crippen molar-refractivity contribution in [3.05, 3.63) is 26.7 Å². The lowest BCUT2D eigenvalue weighted by atomic mass is 10.1. The summed E-state index contributed by atoms with van der Waals surface area (Å²) in [5, 5.41) is 0.0456. The lowest BCUT2D eigenvalue weighted by molar-refractivity contribution is -0.120. The standard InChI is InChI=1S/C17H19Cl3O4/c1-4-9-10(5-2)17(9,3)7-23-16(22)13-14(20)11(18)6-12(19)15(13)24-8-21/h6,8-10H,4-5,7H2,1-3H3/t9-,10?,17?/m0/s1. The maximum Gasteiger partial charge on any atom is 0.343 e. The minimum absolute atomic E-state index is 0.0129. The highest BCUT2D eigenvalue weighted by Gasteiger charge is 2.59. The van der Waals surface area contributed by atoms with Crippen LogP contribution in [0.5, 0.6) is 5.75 Å². The van der Waals surface area contributed by atoms with Crippen LogP contribution in [0.1, 0.15) is 44.0 Å². The van der Waals surface area contributed by atoms with Crippen molar-refractivity contribution in [2.75, 3.05) is 6.61 Å². The first kappa shape index (κ1) is 19.4. The van der Waals surface area contributed by atoms with Gasteiger partial charge in [0.25, 0.3) is 6.47 Å². The van der Waals surface area contributed by atoms with Gasteiger partial charge in [0.15, 0.2) is 5.75 Å². The molecule has 1 aliphatic rings. The molecule has 0 radical (unpaired) electrons. The van der Waals surface area contributed by atoms with Crippen LogP contribution < -0.4 is 4.74 Å². The molecule has 0 heterocycles. The van der Waals surface area contributed by atoms with Crippen molar-refractivity contribution >= 4 is 47.2 Å². The first-order valence-electron chi connectivity index (χ1n) is 7.76. The third-order valence-electron chi connectivity index (χ3n) is 4.96. The van der Waals surface area contributed by atoms with Gasteiger partial charge in [-0.25, -0.2) is 4.79 Å². The lowest BCUT2D eigenvalue weighted by Gasteiger charge is -2.15. The fraction of sp³-hybridized carbons (Fsp3) is 0.529. The summed E-state index contributed by atoms with van der Waals surface area (Å²) in [4.78, 5) is 23.2. The van der Waals surface area contributed by atoms with E-state index in [1.54, 1.807) is 0 Å². The van der Waals surface area contributed by atoms with Crippen molar-refractivity contribution in [3.63, 3.8) is 0 Å². The molecule has 0 amide bonds. The van der Waals surface area contributed by atoms with Crippen LogP contribution in [-0.2, 0) is 9.53 Å².